The molecule has 10 heteroatoms. The molecule has 1 aromatic carbocycles. The van der Waals surface area contributed by atoms with Gasteiger partial charge >= 0.3 is 12.4 Å². The number of hydrogen-bond donors (Lipinski definition) is 1. The number of carbonyl (C=O) groups is 1. The van der Waals surface area contributed by atoms with Crippen molar-refractivity contribution >= 4 is 22.9 Å². The lowest BCUT2D eigenvalue weighted by atomic mass is 10.3. The topological polar surface area (TPSA) is 86.4 Å². The van der Waals surface area contributed by atoms with Crippen LogP contribution in [0.4, 0.5) is 14.5 Å². The molecular formula is C15H11F2N3O4S. The third-order valence-corrected chi connectivity index (χ3v) is 3.85. The molecule has 3 rings (SSSR count). The van der Waals surface area contributed by atoms with Crippen LogP contribution in [0.1, 0.15) is 0 Å². The number of rotatable bonds is 6. The summed E-state index contributed by atoms with van der Waals surface area (Å²) in [5.74, 6) is -1.16. The van der Waals surface area contributed by atoms with Gasteiger partial charge < -0.3 is 14.5 Å². The van der Waals surface area contributed by atoms with E-state index in [1.54, 1.807) is 12.1 Å². The highest BCUT2D eigenvalue weighted by Gasteiger charge is 2.14. The average Bonchev–Trinajstić information content (AvgIpc) is 3.19. The van der Waals surface area contributed by atoms with Crippen molar-refractivity contribution in [3.63, 3.8) is 0 Å². The highest BCUT2D eigenvalue weighted by Crippen LogP contribution is 2.21. The molecule has 1 N–H and O–H groups in total. The molecule has 0 fully saturated rings. The molecule has 0 unspecified atom stereocenters. The molecule has 0 atom stereocenters. The summed E-state index contributed by atoms with van der Waals surface area (Å²) in [5.41, 5.74) is 0.363. The summed E-state index contributed by atoms with van der Waals surface area (Å²) >= 11 is 1.35. The Hall–Kier alpha value is -3.01. The van der Waals surface area contributed by atoms with Gasteiger partial charge in [0.25, 0.3) is 5.89 Å². The van der Waals surface area contributed by atoms with Crippen molar-refractivity contribution < 1.29 is 22.7 Å². The smallest absolute Gasteiger partial charge is 0.435 e. The van der Waals surface area contributed by atoms with E-state index in [1.807, 2.05) is 5.38 Å². The van der Waals surface area contributed by atoms with Gasteiger partial charge in [-0.25, -0.2) is 4.79 Å². The Kier molecular flexibility index (Phi) is 4.89. The van der Waals surface area contributed by atoms with Gasteiger partial charge in [0.2, 0.25) is 5.91 Å². The summed E-state index contributed by atoms with van der Waals surface area (Å²) in [5, 5.41) is 8.29. The number of anilines is 1. The largest absolute Gasteiger partial charge is 0.437 e. The predicted octanol–water partition coefficient (Wildman–Crippen LogP) is 2.80. The number of amides is 1. The Morgan fingerprint density at radius 1 is 1.32 bits per heavy atom. The van der Waals surface area contributed by atoms with Crippen LogP contribution < -0.4 is 15.8 Å². The zero-order valence-corrected chi connectivity index (χ0v) is 13.3. The molecule has 0 saturated carbocycles. The fraction of sp³-hybridized carbons (Fsp3) is 0.133. The zero-order valence-electron chi connectivity index (χ0n) is 12.5. The summed E-state index contributed by atoms with van der Waals surface area (Å²) in [6.07, 6.45) is 0. The molecule has 0 saturated heterocycles. The maximum absolute atomic E-state index is 12.1. The highest BCUT2D eigenvalue weighted by molar-refractivity contribution is 7.13. The Labute approximate surface area is 143 Å². The second-order valence-corrected chi connectivity index (χ2v) is 5.71. The lowest BCUT2D eigenvalue weighted by Crippen LogP contribution is -2.25. The van der Waals surface area contributed by atoms with Gasteiger partial charge in [0.15, 0.2) is 0 Å². The average molecular weight is 367 g/mol. The van der Waals surface area contributed by atoms with E-state index in [-0.39, 0.29) is 18.2 Å². The van der Waals surface area contributed by atoms with E-state index in [9.17, 15) is 18.4 Å². The van der Waals surface area contributed by atoms with Crippen molar-refractivity contribution in [2.45, 2.75) is 13.2 Å². The van der Waals surface area contributed by atoms with Crippen LogP contribution in [-0.4, -0.2) is 22.3 Å². The van der Waals surface area contributed by atoms with Gasteiger partial charge in [-0.2, -0.15) is 13.5 Å². The standard InChI is InChI=1S/C15H11F2N3O4S/c16-14(17)23-10-5-3-9(4-6-10)18-12(21)8-20-15(22)24-13(19-20)11-2-1-7-25-11/h1-7,14H,8H2,(H,18,21). The molecule has 2 heterocycles. The van der Waals surface area contributed by atoms with E-state index in [0.29, 0.717) is 10.6 Å². The van der Waals surface area contributed by atoms with E-state index in [2.05, 4.69) is 15.2 Å². The van der Waals surface area contributed by atoms with Crippen LogP contribution in [-0.2, 0) is 11.3 Å². The Balaban J connectivity index is 1.64. The number of carbonyl (C=O) groups excluding carboxylic acids is 1. The Morgan fingerprint density at radius 3 is 2.72 bits per heavy atom. The third-order valence-electron chi connectivity index (χ3n) is 2.99. The minimum absolute atomic E-state index is 0.0266. The first-order valence-electron chi connectivity index (χ1n) is 6.98. The summed E-state index contributed by atoms with van der Waals surface area (Å²) in [4.78, 5) is 24.4. The van der Waals surface area contributed by atoms with Gasteiger partial charge in [-0.1, -0.05) is 6.07 Å². The lowest BCUT2D eigenvalue weighted by molar-refractivity contribution is -0.117. The number of nitrogens with zero attached hydrogens (tertiary/aromatic N) is 2. The second kappa shape index (κ2) is 7.26. The monoisotopic (exact) mass is 367 g/mol. The zero-order chi connectivity index (χ0) is 17.8. The molecule has 0 aliphatic rings. The van der Waals surface area contributed by atoms with Crippen LogP contribution >= 0.6 is 11.3 Å². The number of hydrogen-bond acceptors (Lipinski definition) is 6. The second-order valence-electron chi connectivity index (χ2n) is 4.76. The highest BCUT2D eigenvalue weighted by atomic mass is 32.1. The number of halogens is 2. The molecule has 0 aliphatic carbocycles. The van der Waals surface area contributed by atoms with Crippen LogP contribution in [0.25, 0.3) is 10.8 Å². The van der Waals surface area contributed by atoms with Gasteiger partial charge in [-0.05, 0) is 35.7 Å². The minimum Gasteiger partial charge on any atom is -0.435 e. The van der Waals surface area contributed by atoms with Crippen molar-refractivity contribution in [2.24, 2.45) is 0 Å². The number of aromatic nitrogens is 2. The fourth-order valence-corrected chi connectivity index (χ4v) is 2.61. The van der Waals surface area contributed by atoms with Crippen molar-refractivity contribution in [3.05, 3.63) is 52.3 Å². The molecule has 130 valence electrons. The first kappa shape index (κ1) is 16.8. The molecule has 0 radical (unpaired) electrons. The van der Waals surface area contributed by atoms with Crippen molar-refractivity contribution in [1.29, 1.82) is 0 Å². The molecule has 0 spiro atoms. The molecule has 25 heavy (non-hydrogen) atoms. The van der Waals surface area contributed by atoms with Crippen LogP contribution in [0, 0.1) is 0 Å². The maximum atomic E-state index is 12.1. The first-order chi connectivity index (χ1) is 12.0. The number of benzene rings is 1. The number of ether oxygens (including phenoxy) is 1. The first-order valence-corrected chi connectivity index (χ1v) is 7.86. The van der Waals surface area contributed by atoms with Gasteiger partial charge in [0, 0.05) is 5.69 Å². The molecular weight excluding hydrogens is 356 g/mol. The van der Waals surface area contributed by atoms with E-state index in [1.165, 1.54) is 35.6 Å². The number of alkyl halides is 2. The maximum Gasteiger partial charge on any atom is 0.437 e. The fourth-order valence-electron chi connectivity index (χ4n) is 1.96. The molecule has 2 aromatic heterocycles. The number of thiophene rings is 1. The van der Waals surface area contributed by atoms with Gasteiger partial charge in [0.05, 0.1) is 4.88 Å². The van der Waals surface area contributed by atoms with Crippen LogP contribution in [0.5, 0.6) is 5.75 Å². The third kappa shape index (κ3) is 4.29. The molecule has 3 aromatic rings. The predicted molar refractivity (Wildman–Crippen MR) is 85.8 cm³/mol. The number of nitrogens with one attached hydrogen (secondary N) is 1. The van der Waals surface area contributed by atoms with Gasteiger partial charge in [-0.3, -0.25) is 4.79 Å². The summed E-state index contributed by atoms with van der Waals surface area (Å²) in [6.45, 7) is -3.26. The quantitative estimate of drug-likeness (QED) is 0.724. The van der Waals surface area contributed by atoms with E-state index in [0.717, 1.165) is 4.68 Å². The summed E-state index contributed by atoms with van der Waals surface area (Å²) in [6, 6.07) is 8.91. The molecule has 0 bridgehead atoms. The summed E-state index contributed by atoms with van der Waals surface area (Å²) in [7, 11) is 0. The van der Waals surface area contributed by atoms with E-state index in [4.69, 9.17) is 4.42 Å². The lowest BCUT2D eigenvalue weighted by Gasteiger charge is -2.07. The Bertz CT molecular complexity index is 904. The van der Waals surface area contributed by atoms with Gasteiger partial charge in [0.1, 0.15) is 12.3 Å². The molecule has 1 amide bonds. The summed E-state index contributed by atoms with van der Waals surface area (Å²) < 4.78 is 34.3. The van der Waals surface area contributed by atoms with Crippen LogP contribution in [0.3, 0.4) is 0 Å². The SMILES string of the molecule is O=C(Cn1nc(-c2cccs2)oc1=O)Nc1ccc(OC(F)F)cc1. The van der Waals surface area contributed by atoms with Crippen molar-refractivity contribution in [1.82, 2.24) is 9.78 Å². The van der Waals surface area contributed by atoms with E-state index < -0.39 is 18.3 Å². The van der Waals surface area contributed by atoms with Crippen molar-refractivity contribution in [2.75, 3.05) is 5.32 Å². The minimum atomic E-state index is -2.92. The van der Waals surface area contributed by atoms with Gasteiger partial charge in [-0.15, -0.1) is 16.4 Å². The molecule has 7 nitrogen and oxygen atoms in total. The normalized spacial score (nSPS) is 10.8. The van der Waals surface area contributed by atoms with Crippen LogP contribution in [0.2, 0.25) is 0 Å². The Morgan fingerprint density at radius 2 is 2.08 bits per heavy atom. The molecule has 0 aliphatic heterocycles. The van der Waals surface area contributed by atoms with E-state index >= 15 is 0 Å². The van der Waals surface area contributed by atoms with Crippen LogP contribution in [0.15, 0.2) is 51.0 Å². The van der Waals surface area contributed by atoms with Crippen molar-refractivity contribution in [3.8, 4) is 16.5 Å².